The average molecular weight is 302 g/mol. The summed E-state index contributed by atoms with van der Waals surface area (Å²) in [6.45, 7) is 13.9. The summed E-state index contributed by atoms with van der Waals surface area (Å²) in [5.74, 6) is -0.443. The molecular weight excluding hydrogens is 272 g/mol. The quantitative estimate of drug-likeness (QED) is 0.810. The molecule has 1 aliphatic heterocycles. The number of aliphatic hydroxyl groups is 1. The van der Waals surface area contributed by atoms with Crippen molar-refractivity contribution < 1.29 is 19.0 Å². The molecule has 2 fully saturated rings. The van der Waals surface area contributed by atoms with Gasteiger partial charge in [-0.25, -0.2) is 0 Å². The van der Waals surface area contributed by atoms with Crippen LogP contribution in [0.4, 0.5) is 0 Å². The summed E-state index contributed by atoms with van der Waals surface area (Å²) in [4.78, 5) is 0. The Labute approximate surface area is 123 Å². The van der Waals surface area contributed by atoms with E-state index >= 15 is 0 Å². The third-order valence-corrected chi connectivity index (χ3v) is 9.88. The second kappa shape index (κ2) is 5.36. The Bertz CT molecular complexity index is 344. The summed E-state index contributed by atoms with van der Waals surface area (Å²) in [7, 11) is -1.68. The summed E-state index contributed by atoms with van der Waals surface area (Å²) < 4.78 is 18.0. The highest BCUT2D eigenvalue weighted by Crippen LogP contribution is 2.48. The minimum absolute atomic E-state index is 0.0695. The summed E-state index contributed by atoms with van der Waals surface area (Å²) in [5, 5.41) is 10.0. The molecule has 118 valence electrons. The predicted octanol–water partition coefficient (Wildman–Crippen LogP) is 3.26. The summed E-state index contributed by atoms with van der Waals surface area (Å²) >= 11 is 0. The van der Waals surface area contributed by atoms with Crippen LogP contribution in [-0.2, 0) is 13.9 Å². The molecule has 1 heterocycles. The Kier molecular flexibility index (Phi) is 4.40. The van der Waals surface area contributed by atoms with E-state index in [0.717, 1.165) is 19.3 Å². The number of rotatable bonds is 4. The molecule has 1 saturated heterocycles. The molecule has 1 spiro atoms. The van der Waals surface area contributed by atoms with Gasteiger partial charge in [0.25, 0.3) is 0 Å². The van der Waals surface area contributed by atoms with Crippen LogP contribution in [0.25, 0.3) is 0 Å². The van der Waals surface area contributed by atoms with Gasteiger partial charge in [0.05, 0.1) is 6.10 Å². The molecule has 1 N–H and O–H groups in total. The molecule has 0 aromatic rings. The smallest absolute Gasteiger partial charge is 0.191 e. The van der Waals surface area contributed by atoms with E-state index in [0.29, 0.717) is 6.61 Å². The molecule has 4 nitrogen and oxygen atoms in total. The van der Waals surface area contributed by atoms with Crippen LogP contribution in [-0.4, -0.2) is 38.2 Å². The Hall–Kier alpha value is 0.0569. The van der Waals surface area contributed by atoms with Crippen LogP contribution in [0.2, 0.25) is 18.1 Å². The van der Waals surface area contributed by atoms with Gasteiger partial charge in [0, 0.05) is 25.4 Å². The van der Waals surface area contributed by atoms with Gasteiger partial charge in [-0.15, -0.1) is 0 Å². The van der Waals surface area contributed by atoms with Crippen molar-refractivity contribution >= 4 is 8.32 Å². The third-order valence-electron chi connectivity index (χ3n) is 5.34. The van der Waals surface area contributed by atoms with Crippen LogP contribution in [0.1, 0.15) is 47.0 Å². The number of aliphatic hydroxyl groups excluding tert-OH is 1. The van der Waals surface area contributed by atoms with Gasteiger partial charge < -0.3 is 19.0 Å². The van der Waals surface area contributed by atoms with E-state index < -0.39 is 14.1 Å². The monoisotopic (exact) mass is 302 g/mol. The average Bonchev–Trinajstić information content (AvgIpc) is 2.55. The van der Waals surface area contributed by atoms with E-state index in [1.165, 1.54) is 0 Å². The van der Waals surface area contributed by atoms with Crippen molar-refractivity contribution in [3.63, 3.8) is 0 Å². The van der Waals surface area contributed by atoms with Gasteiger partial charge in [0.2, 0.25) is 0 Å². The van der Waals surface area contributed by atoms with E-state index in [2.05, 4.69) is 33.9 Å². The van der Waals surface area contributed by atoms with Crippen molar-refractivity contribution in [2.75, 3.05) is 6.61 Å². The largest absolute Gasteiger partial charge is 0.417 e. The van der Waals surface area contributed by atoms with Crippen LogP contribution in [0.3, 0.4) is 0 Å². The Morgan fingerprint density at radius 2 is 1.90 bits per heavy atom. The Morgan fingerprint density at radius 1 is 1.30 bits per heavy atom. The first-order chi connectivity index (χ1) is 9.07. The van der Waals surface area contributed by atoms with Crippen molar-refractivity contribution in [3.05, 3.63) is 0 Å². The van der Waals surface area contributed by atoms with Crippen LogP contribution in [0, 0.1) is 5.92 Å². The van der Waals surface area contributed by atoms with Crippen LogP contribution in [0.15, 0.2) is 0 Å². The van der Waals surface area contributed by atoms with Gasteiger partial charge in [-0.3, -0.25) is 0 Å². The van der Waals surface area contributed by atoms with E-state index in [1.807, 2.05) is 6.92 Å². The molecule has 0 amide bonds. The van der Waals surface area contributed by atoms with E-state index in [9.17, 15) is 5.11 Å². The second-order valence-corrected chi connectivity index (χ2v) is 12.6. The molecule has 20 heavy (non-hydrogen) atoms. The lowest BCUT2D eigenvalue weighted by Gasteiger charge is -2.48. The number of ether oxygens (including phenoxy) is 2. The lowest BCUT2D eigenvalue weighted by Crippen LogP contribution is -2.56. The maximum Gasteiger partial charge on any atom is 0.191 e. The zero-order chi connectivity index (χ0) is 15.2. The van der Waals surface area contributed by atoms with Gasteiger partial charge in [-0.05, 0) is 24.6 Å². The molecule has 2 unspecified atom stereocenters. The second-order valence-electron chi connectivity index (χ2n) is 7.77. The molecule has 2 atom stereocenters. The lowest BCUT2D eigenvalue weighted by atomic mass is 10.0. The van der Waals surface area contributed by atoms with Gasteiger partial charge >= 0.3 is 0 Å². The minimum atomic E-state index is -1.68. The highest BCUT2D eigenvalue weighted by molar-refractivity contribution is 6.74. The number of hydrogen-bond acceptors (Lipinski definition) is 4. The van der Waals surface area contributed by atoms with Crippen molar-refractivity contribution in [3.8, 4) is 0 Å². The fourth-order valence-electron chi connectivity index (χ4n) is 2.65. The number of hydrogen-bond donors (Lipinski definition) is 1. The molecule has 0 aromatic heterocycles. The zero-order valence-electron chi connectivity index (χ0n) is 13.7. The predicted molar refractivity (Wildman–Crippen MR) is 80.9 cm³/mol. The first kappa shape index (κ1) is 16.4. The first-order valence-electron chi connectivity index (χ1n) is 7.75. The summed E-state index contributed by atoms with van der Waals surface area (Å²) in [5.41, 5.74) is 0. The normalized spacial score (nSPS) is 38.2. The highest BCUT2D eigenvalue weighted by atomic mass is 28.4. The molecule has 5 heteroatoms. The van der Waals surface area contributed by atoms with E-state index in [-0.39, 0.29) is 23.4 Å². The van der Waals surface area contributed by atoms with Crippen molar-refractivity contribution in [2.45, 2.75) is 83.3 Å². The molecule has 0 aromatic carbocycles. The molecule has 0 radical (unpaired) electrons. The van der Waals surface area contributed by atoms with Gasteiger partial charge in [0.1, 0.15) is 0 Å². The fourth-order valence-corrected chi connectivity index (χ4v) is 3.71. The van der Waals surface area contributed by atoms with Crippen LogP contribution >= 0.6 is 0 Å². The SMILES string of the molecule is CC1C(O)CC[C@]12O[C@@H](CCO[Si](C)(C)C(C)(C)C)O2. The molecule has 2 aliphatic rings. The van der Waals surface area contributed by atoms with Crippen molar-refractivity contribution in [1.29, 1.82) is 0 Å². The topological polar surface area (TPSA) is 47.9 Å². The lowest BCUT2D eigenvalue weighted by molar-refractivity contribution is -0.464. The third kappa shape index (κ3) is 2.97. The molecule has 1 saturated carbocycles. The zero-order valence-corrected chi connectivity index (χ0v) is 14.7. The van der Waals surface area contributed by atoms with Crippen molar-refractivity contribution in [2.24, 2.45) is 5.92 Å². The highest BCUT2D eigenvalue weighted by Gasteiger charge is 2.56. The molecule has 2 rings (SSSR count). The summed E-state index contributed by atoms with van der Waals surface area (Å²) in [6, 6.07) is 0. The van der Waals surface area contributed by atoms with E-state index in [1.54, 1.807) is 0 Å². The minimum Gasteiger partial charge on any atom is -0.417 e. The van der Waals surface area contributed by atoms with Crippen molar-refractivity contribution in [1.82, 2.24) is 0 Å². The van der Waals surface area contributed by atoms with Gasteiger partial charge in [-0.1, -0.05) is 27.7 Å². The van der Waals surface area contributed by atoms with Crippen LogP contribution in [0.5, 0.6) is 0 Å². The standard InChI is InChI=1S/C15H30O4Si/c1-11-12(16)7-9-15(11)18-13(19-15)8-10-17-20(5,6)14(2,3)4/h11-13,16H,7-10H2,1-6H3/t11?,12?,13-,15-. The molecular formula is C15H30O4Si. The van der Waals surface area contributed by atoms with Gasteiger partial charge in [0.15, 0.2) is 20.4 Å². The summed E-state index contributed by atoms with van der Waals surface area (Å²) in [6.07, 6.45) is 1.90. The Balaban J connectivity index is 1.71. The van der Waals surface area contributed by atoms with E-state index in [4.69, 9.17) is 13.9 Å². The maximum atomic E-state index is 9.78. The molecule has 0 bridgehead atoms. The van der Waals surface area contributed by atoms with Crippen LogP contribution < -0.4 is 0 Å². The fraction of sp³-hybridized carbons (Fsp3) is 1.00. The Morgan fingerprint density at radius 3 is 2.35 bits per heavy atom. The maximum absolute atomic E-state index is 9.78. The van der Waals surface area contributed by atoms with Gasteiger partial charge in [-0.2, -0.15) is 0 Å². The first-order valence-corrected chi connectivity index (χ1v) is 10.7. The molecule has 1 aliphatic carbocycles.